The van der Waals surface area contributed by atoms with Crippen LogP contribution < -0.4 is 0 Å². The number of carbonyl (C=O) groups excluding carboxylic acids is 2. The second kappa shape index (κ2) is 6.74. The Morgan fingerprint density at radius 3 is 2.52 bits per heavy atom. The van der Waals surface area contributed by atoms with Gasteiger partial charge in [0.05, 0.1) is 12.1 Å². The van der Waals surface area contributed by atoms with E-state index in [0.717, 1.165) is 6.42 Å². The van der Waals surface area contributed by atoms with Crippen LogP contribution in [0.5, 0.6) is 0 Å². The van der Waals surface area contributed by atoms with E-state index < -0.39 is 29.4 Å². The second-order valence-corrected chi connectivity index (χ2v) is 8.34. The highest BCUT2D eigenvalue weighted by atomic mass is 16.6. The van der Waals surface area contributed by atoms with Crippen molar-refractivity contribution in [2.24, 2.45) is 0 Å². The Labute approximate surface area is 159 Å². The Bertz CT molecular complexity index is 718. The van der Waals surface area contributed by atoms with E-state index in [9.17, 15) is 14.7 Å². The van der Waals surface area contributed by atoms with Crippen LogP contribution in [0, 0.1) is 0 Å². The van der Waals surface area contributed by atoms with E-state index in [1.165, 1.54) is 0 Å². The molecular formula is C19H28N4O4. The van der Waals surface area contributed by atoms with Gasteiger partial charge in [-0.2, -0.15) is 0 Å². The zero-order chi connectivity index (χ0) is 20.0. The van der Waals surface area contributed by atoms with Crippen molar-refractivity contribution < 1.29 is 19.4 Å². The van der Waals surface area contributed by atoms with Crippen molar-refractivity contribution in [2.75, 3.05) is 6.54 Å². The maximum Gasteiger partial charge on any atom is 0.411 e. The summed E-state index contributed by atoms with van der Waals surface area (Å²) in [7, 11) is 0. The van der Waals surface area contributed by atoms with Crippen LogP contribution in [0.4, 0.5) is 4.79 Å². The molecule has 2 saturated heterocycles. The summed E-state index contributed by atoms with van der Waals surface area (Å²) in [6, 6.07) is 0.760. The first-order valence-electron chi connectivity index (χ1n) is 9.38. The molecule has 2 fully saturated rings. The van der Waals surface area contributed by atoms with Gasteiger partial charge in [0, 0.05) is 18.9 Å². The Hall–Kier alpha value is -2.22. The standard InChI is InChI=1S/C19H28N4O4/c1-12(24)14(15-20-9-7-10-21-15)23-13(2)19(16(23)25)8-6-11-22(19)17(26)27-18(3,4)5/h7,9-10,12-14,24H,6,8,11H2,1-5H3/t12-,13?,14+,19?/m1/s1. The van der Waals surface area contributed by atoms with Crippen LogP contribution in [0.25, 0.3) is 0 Å². The Kier molecular flexibility index (Phi) is 4.88. The minimum absolute atomic E-state index is 0.184. The molecule has 0 bridgehead atoms. The van der Waals surface area contributed by atoms with E-state index in [4.69, 9.17) is 4.74 Å². The monoisotopic (exact) mass is 376 g/mol. The first-order chi connectivity index (χ1) is 12.6. The number of aliphatic hydroxyl groups is 1. The van der Waals surface area contributed by atoms with Gasteiger partial charge in [0.2, 0.25) is 0 Å². The van der Waals surface area contributed by atoms with Crippen molar-refractivity contribution in [3.05, 3.63) is 24.3 Å². The number of aromatic nitrogens is 2. The number of amides is 2. The van der Waals surface area contributed by atoms with Crippen molar-refractivity contribution in [3.63, 3.8) is 0 Å². The van der Waals surface area contributed by atoms with E-state index in [1.54, 1.807) is 35.2 Å². The smallest absolute Gasteiger partial charge is 0.411 e. The minimum atomic E-state index is -0.912. The average Bonchev–Trinajstić information content (AvgIpc) is 3.05. The second-order valence-electron chi connectivity index (χ2n) is 8.34. The molecular weight excluding hydrogens is 348 g/mol. The van der Waals surface area contributed by atoms with Gasteiger partial charge in [-0.3, -0.25) is 9.69 Å². The quantitative estimate of drug-likeness (QED) is 0.810. The summed E-state index contributed by atoms with van der Waals surface area (Å²) in [5.74, 6) is 0.209. The molecule has 1 N–H and O–H groups in total. The molecule has 3 rings (SSSR count). The van der Waals surface area contributed by atoms with Crippen LogP contribution in [0.2, 0.25) is 0 Å². The van der Waals surface area contributed by atoms with Crippen LogP contribution in [-0.2, 0) is 9.53 Å². The van der Waals surface area contributed by atoms with Crippen LogP contribution in [0.3, 0.4) is 0 Å². The first-order valence-corrected chi connectivity index (χ1v) is 9.38. The van der Waals surface area contributed by atoms with E-state index in [-0.39, 0.29) is 11.9 Å². The largest absolute Gasteiger partial charge is 0.444 e. The van der Waals surface area contributed by atoms with Gasteiger partial charge in [-0.15, -0.1) is 0 Å². The summed E-state index contributed by atoms with van der Waals surface area (Å²) in [5.41, 5.74) is -1.54. The number of β-lactam (4-membered cyclic amide) rings is 1. The highest BCUT2D eigenvalue weighted by molar-refractivity contribution is 5.97. The topological polar surface area (TPSA) is 95.9 Å². The van der Waals surface area contributed by atoms with E-state index in [1.807, 2.05) is 27.7 Å². The molecule has 0 saturated carbocycles. The molecule has 0 aliphatic carbocycles. The third-order valence-electron chi connectivity index (χ3n) is 5.36. The van der Waals surface area contributed by atoms with E-state index >= 15 is 0 Å². The molecule has 0 aromatic carbocycles. The molecule has 2 amide bonds. The van der Waals surface area contributed by atoms with Crippen molar-refractivity contribution >= 4 is 12.0 Å². The molecule has 2 unspecified atom stereocenters. The SMILES string of the molecule is CC1N([C@H](c2ncccn2)[C@@H](C)O)C(=O)C12CCCN2C(=O)OC(C)(C)C. The lowest BCUT2D eigenvalue weighted by atomic mass is 9.75. The van der Waals surface area contributed by atoms with E-state index in [0.29, 0.717) is 18.8 Å². The summed E-state index contributed by atoms with van der Waals surface area (Å²) in [5, 5.41) is 10.3. The van der Waals surface area contributed by atoms with Gasteiger partial charge in [0.15, 0.2) is 5.82 Å². The molecule has 1 aromatic rings. The molecule has 0 radical (unpaired) electrons. The van der Waals surface area contributed by atoms with Crippen molar-refractivity contribution in [2.45, 2.75) is 76.8 Å². The molecule has 4 atom stereocenters. The normalized spacial score (nSPS) is 27.5. The number of likely N-dealkylation sites (tertiary alicyclic amines) is 2. The van der Waals surface area contributed by atoms with Crippen molar-refractivity contribution in [1.29, 1.82) is 0 Å². The molecule has 8 nitrogen and oxygen atoms in total. The lowest BCUT2D eigenvalue weighted by Gasteiger charge is -2.58. The number of hydrogen-bond donors (Lipinski definition) is 1. The first kappa shape index (κ1) is 19.5. The van der Waals surface area contributed by atoms with Gasteiger partial charge in [-0.05, 0) is 53.5 Å². The molecule has 148 valence electrons. The number of nitrogens with zero attached hydrogens (tertiary/aromatic N) is 4. The summed E-state index contributed by atoms with van der Waals surface area (Å²) in [4.78, 5) is 37.6. The fourth-order valence-corrected chi connectivity index (χ4v) is 4.21. The van der Waals surface area contributed by atoms with Crippen molar-refractivity contribution in [3.8, 4) is 0 Å². The summed E-state index contributed by atoms with van der Waals surface area (Å²) < 4.78 is 5.52. The molecule has 1 aromatic heterocycles. The number of ether oxygens (including phenoxy) is 1. The van der Waals surface area contributed by atoms with Crippen LogP contribution in [-0.4, -0.2) is 66.7 Å². The molecule has 3 heterocycles. The lowest BCUT2D eigenvalue weighted by molar-refractivity contribution is -0.181. The minimum Gasteiger partial charge on any atom is -0.444 e. The van der Waals surface area contributed by atoms with Crippen LogP contribution >= 0.6 is 0 Å². The molecule has 27 heavy (non-hydrogen) atoms. The Morgan fingerprint density at radius 2 is 2.00 bits per heavy atom. The van der Waals surface area contributed by atoms with E-state index in [2.05, 4.69) is 9.97 Å². The highest BCUT2D eigenvalue weighted by Gasteiger charge is 2.67. The lowest BCUT2D eigenvalue weighted by Crippen LogP contribution is -2.79. The number of carbonyl (C=O) groups is 2. The van der Waals surface area contributed by atoms with Gasteiger partial charge < -0.3 is 14.7 Å². The molecule has 2 aliphatic heterocycles. The predicted molar refractivity (Wildman–Crippen MR) is 97.7 cm³/mol. The molecule has 2 aliphatic rings. The fourth-order valence-electron chi connectivity index (χ4n) is 4.21. The van der Waals surface area contributed by atoms with Gasteiger partial charge in [-0.25, -0.2) is 14.8 Å². The van der Waals surface area contributed by atoms with Gasteiger partial charge in [0.25, 0.3) is 5.91 Å². The molecule has 8 heteroatoms. The Morgan fingerprint density at radius 1 is 1.37 bits per heavy atom. The maximum atomic E-state index is 13.3. The van der Waals surface area contributed by atoms with Crippen molar-refractivity contribution in [1.82, 2.24) is 19.8 Å². The average molecular weight is 376 g/mol. The summed E-state index contributed by atoms with van der Waals surface area (Å²) in [6.45, 7) is 9.43. The number of hydrogen-bond acceptors (Lipinski definition) is 6. The zero-order valence-electron chi connectivity index (χ0n) is 16.5. The summed E-state index contributed by atoms with van der Waals surface area (Å²) in [6.07, 6.45) is 3.20. The molecule has 1 spiro atoms. The summed E-state index contributed by atoms with van der Waals surface area (Å²) >= 11 is 0. The third kappa shape index (κ3) is 3.16. The number of rotatable bonds is 3. The fraction of sp³-hybridized carbons (Fsp3) is 0.684. The number of aliphatic hydroxyl groups excluding tert-OH is 1. The van der Waals surface area contributed by atoms with Crippen LogP contribution in [0.15, 0.2) is 18.5 Å². The highest BCUT2D eigenvalue weighted by Crippen LogP contribution is 2.48. The zero-order valence-corrected chi connectivity index (χ0v) is 16.5. The van der Waals surface area contributed by atoms with Crippen LogP contribution in [0.1, 0.15) is 59.3 Å². The van der Waals surface area contributed by atoms with Gasteiger partial charge in [0.1, 0.15) is 17.2 Å². The Balaban J connectivity index is 1.88. The maximum absolute atomic E-state index is 13.3. The third-order valence-corrected chi connectivity index (χ3v) is 5.36. The van der Waals surface area contributed by atoms with Gasteiger partial charge >= 0.3 is 6.09 Å². The predicted octanol–water partition coefficient (Wildman–Crippen LogP) is 1.90. The van der Waals surface area contributed by atoms with Gasteiger partial charge in [-0.1, -0.05) is 0 Å².